The molecule has 9 heteroatoms. The topological polar surface area (TPSA) is 96.0 Å². The third-order valence-corrected chi connectivity index (χ3v) is 6.76. The number of hydrogen-bond acceptors (Lipinski definition) is 6. The van der Waals surface area contributed by atoms with Crippen LogP contribution in [0.3, 0.4) is 0 Å². The van der Waals surface area contributed by atoms with Crippen molar-refractivity contribution in [3.63, 3.8) is 0 Å². The Balaban J connectivity index is 1.68. The molecular weight excluding hydrogens is 370 g/mol. The molecule has 2 heterocycles. The highest BCUT2D eigenvalue weighted by atomic mass is 32.2. The second-order valence-electron chi connectivity index (χ2n) is 7.47. The predicted molar refractivity (Wildman–Crippen MR) is 101 cm³/mol. The smallest absolute Gasteiger partial charge is 0.251 e. The van der Waals surface area contributed by atoms with Gasteiger partial charge in [-0.1, -0.05) is 6.07 Å². The zero-order chi connectivity index (χ0) is 19.7. The maximum atomic E-state index is 12.5. The molecule has 2 aliphatic heterocycles. The zero-order valence-corrected chi connectivity index (χ0v) is 16.4. The molecule has 0 saturated carbocycles. The molecule has 2 saturated heterocycles. The summed E-state index contributed by atoms with van der Waals surface area (Å²) in [5, 5.41) is 2.84. The molecule has 0 atom stereocenters. The molecule has 2 amide bonds. The van der Waals surface area contributed by atoms with E-state index in [-0.39, 0.29) is 17.3 Å². The molecule has 1 N–H and O–H groups in total. The third-order valence-electron chi connectivity index (χ3n) is 4.74. The monoisotopic (exact) mass is 395 g/mol. The van der Waals surface area contributed by atoms with Gasteiger partial charge >= 0.3 is 0 Å². The molecule has 2 aliphatic rings. The van der Waals surface area contributed by atoms with Crippen LogP contribution in [0.5, 0.6) is 0 Å². The fourth-order valence-corrected chi connectivity index (χ4v) is 5.39. The first kappa shape index (κ1) is 19.8. The van der Waals surface area contributed by atoms with Crippen molar-refractivity contribution in [2.45, 2.75) is 13.8 Å². The highest BCUT2D eigenvalue weighted by Crippen LogP contribution is 2.35. The summed E-state index contributed by atoms with van der Waals surface area (Å²) in [6.45, 7) is 7.50. The van der Waals surface area contributed by atoms with E-state index in [2.05, 4.69) is 10.2 Å². The molecular formula is C18H25N3O5S. The lowest BCUT2D eigenvalue weighted by atomic mass is 9.95. The summed E-state index contributed by atoms with van der Waals surface area (Å²) in [4.78, 5) is 27.1. The first-order chi connectivity index (χ1) is 12.7. The molecule has 8 nitrogen and oxygen atoms in total. The van der Waals surface area contributed by atoms with Gasteiger partial charge in [0.05, 0.1) is 30.1 Å². The molecule has 148 valence electrons. The summed E-state index contributed by atoms with van der Waals surface area (Å²) < 4.78 is 30.9. The van der Waals surface area contributed by atoms with Crippen LogP contribution in [0.15, 0.2) is 24.3 Å². The summed E-state index contributed by atoms with van der Waals surface area (Å²) >= 11 is 0. The fourth-order valence-electron chi connectivity index (χ4n) is 3.29. The van der Waals surface area contributed by atoms with Gasteiger partial charge in [0, 0.05) is 31.7 Å². The Morgan fingerprint density at radius 2 is 1.96 bits per heavy atom. The maximum absolute atomic E-state index is 12.5. The first-order valence-electron chi connectivity index (χ1n) is 8.96. The lowest BCUT2D eigenvalue weighted by molar-refractivity contribution is -0.123. The molecule has 27 heavy (non-hydrogen) atoms. The summed E-state index contributed by atoms with van der Waals surface area (Å²) in [5.41, 5.74) is -0.455. The molecule has 0 spiro atoms. The van der Waals surface area contributed by atoms with Crippen LogP contribution in [0.4, 0.5) is 5.69 Å². The van der Waals surface area contributed by atoms with Crippen molar-refractivity contribution in [3.8, 4) is 0 Å². The van der Waals surface area contributed by atoms with Crippen LogP contribution in [0.2, 0.25) is 0 Å². The highest BCUT2D eigenvalue weighted by molar-refractivity contribution is 7.94. The zero-order valence-electron chi connectivity index (χ0n) is 15.6. The predicted octanol–water partition coefficient (Wildman–Crippen LogP) is 0.451. The van der Waals surface area contributed by atoms with E-state index in [1.165, 1.54) is 12.1 Å². The lowest BCUT2D eigenvalue weighted by Crippen LogP contribution is -2.41. The molecule has 1 aromatic carbocycles. The van der Waals surface area contributed by atoms with Crippen molar-refractivity contribution in [1.29, 1.82) is 0 Å². The Hall–Kier alpha value is -1.97. The number of anilines is 1. The van der Waals surface area contributed by atoms with Gasteiger partial charge < -0.3 is 10.1 Å². The molecule has 1 aromatic rings. The number of rotatable bonds is 5. The van der Waals surface area contributed by atoms with Crippen LogP contribution in [-0.4, -0.2) is 70.3 Å². The van der Waals surface area contributed by atoms with E-state index >= 15 is 0 Å². The number of benzene rings is 1. The van der Waals surface area contributed by atoms with Gasteiger partial charge in [-0.15, -0.1) is 0 Å². The molecule has 0 unspecified atom stereocenters. The number of sulfonamides is 1. The van der Waals surface area contributed by atoms with Crippen LogP contribution < -0.4 is 9.62 Å². The molecule has 0 bridgehead atoms. The number of ether oxygens (including phenoxy) is 1. The normalized spacial score (nSPS) is 22.0. The third kappa shape index (κ3) is 4.31. The molecule has 0 radical (unpaired) electrons. The van der Waals surface area contributed by atoms with E-state index in [1.54, 1.807) is 26.0 Å². The minimum atomic E-state index is -3.74. The summed E-state index contributed by atoms with van der Waals surface area (Å²) in [6, 6.07) is 6.16. The fraction of sp³-hybridized carbons (Fsp3) is 0.556. The van der Waals surface area contributed by atoms with Crippen molar-refractivity contribution < 1.29 is 22.7 Å². The number of nitrogens with zero attached hydrogens (tertiary/aromatic N) is 2. The van der Waals surface area contributed by atoms with Crippen LogP contribution in [0.1, 0.15) is 24.2 Å². The van der Waals surface area contributed by atoms with Crippen molar-refractivity contribution in [2.24, 2.45) is 5.41 Å². The molecule has 0 aliphatic carbocycles. The van der Waals surface area contributed by atoms with Gasteiger partial charge in [-0.2, -0.15) is 0 Å². The Bertz CT molecular complexity index is 831. The number of hydrogen-bond donors (Lipinski definition) is 1. The second-order valence-corrected chi connectivity index (χ2v) is 9.29. The van der Waals surface area contributed by atoms with Gasteiger partial charge in [0.1, 0.15) is 0 Å². The summed E-state index contributed by atoms with van der Waals surface area (Å²) in [6.07, 6.45) is 0. The van der Waals surface area contributed by atoms with Gasteiger partial charge in [-0.05, 0) is 32.0 Å². The van der Waals surface area contributed by atoms with Crippen molar-refractivity contribution in [2.75, 3.05) is 49.5 Å². The average molecular weight is 395 g/mol. The van der Waals surface area contributed by atoms with Crippen LogP contribution in [-0.2, 0) is 19.6 Å². The Morgan fingerprint density at radius 3 is 2.59 bits per heavy atom. The van der Waals surface area contributed by atoms with Crippen LogP contribution in [0.25, 0.3) is 0 Å². The van der Waals surface area contributed by atoms with Gasteiger partial charge in [0.15, 0.2) is 0 Å². The quantitative estimate of drug-likeness (QED) is 0.778. The van der Waals surface area contributed by atoms with E-state index < -0.39 is 21.3 Å². The first-order valence-corrected chi connectivity index (χ1v) is 10.6. The summed E-state index contributed by atoms with van der Waals surface area (Å²) in [5.74, 6) is -1.02. The number of amides is 2. The van der Waals surface area contributed by atoms with Crippen molar-refractivity contribution in [1.82, 2.24) is 10.2 Å². The van der Waals surface area contributed by atoms with Crippen LogP contribution >= 0.6 is 0 Å². The van der Waals surface area contributed by atoms with Gasteiger partial charge in [0.25, 0.3) is 5.91 Å². The number of carbonyl (C=O) groups is 2. The van der Waals surface area contributed by atoms with Crippen molar-refractivity contribution in [3.05, 3.63) is 29.8 Å². The van der Waals surface area contributed by atoms with E-state index in [0.717, 1.165) is 23.9 Å². The lowest BCUT2D eigenvalue weighted by Gasteiger charge is -2.26. The van der Waals surface area contributed by atoms with Crippen LogP contribution in [0, 0.1) is 5.41 Å². The standard InChI is InChI=1S/C18H25N3O5S/c1-18(2)13-27(24,25)21(17(18)23)15-5-3-4-14(12-15)16(22)19-6-7-20-8-10-26-11-9-20/h3-5,12H,6-11,13H2,1-2H3,(H,19,22). The SMILES string of the molecule is CC1(C)CS(=O)(=O)N(c2cccc(C(=O)NCCN3CCOCC3)c2)C1=O. The average Bonchev–Trinajstić information content (AvgIpc) is 2.78. The minimum Gasteiger partial charge on any atom is -0.379 e. The maximum Gasteiger partial charge on any atom is 0.251 e. The summed E-state index contributed by atoms with van der Waals surface area (Å²) in [7, 11) is -3.74. The largest absolute Gasteiger partial charge is 0.379 e. The van der Waals surface area contributed by atoms with E-state index in [9.17, 15) is 18.0 Å². The molecule has 3 rings (SSSR count). The van der Waals surface area contributed by atoms with Gasteiger partial charge in [0.2, 0.25) is 15.9 Å². The van der Waals surface area contributed by atoms with Crippen molar-refractivity contribution >= 4 is 27.5 Å². The minimum absolute atomic E-state index is 0.200. The Morgan fingerprint density at radius 1 is 1.26 bits per heavy atom. The molecule has 2 fully saturated rings. The van der Waals surface area contributed by atoms with E-state index in [1.807, 2.05) is 0 Å². The number of morpholine rings is 1. The van der Waals surface area contributed by atoms with E-state index in [0.29, 0.717) is 25.3 Å². The second kappa shape index (κ2) is 7.57. The van der Waals surface area contributed by atoms with Gasteiger partial charge in [-0.3, -0.25) is 14.5 Å². The van der Waals surface area contributed by atoms with E-state index in [4.69, 9.17) is 4.74 Å². The Kier molecular flexibility index (Phi) is 5.55. The Labute approximate surface area is 159 Å². The number of nitrogens with one attached hydrogen (secondary N) is 1. The number of carbonyl (C=O) groups excluding carboxylic acids is 2. The van der Waals surface area contributed by atoms with Gasteiger partial charge in [-0.25, -0.2) is 12.7 Å². The highest BCUT2D eigenvalue weighted by Gasteiger charge is 2.49. The molecule has 0 aromatic heterocycles.